The van der Waals surface area contributed by atoms with Crippen LogP contribution in [0.25, 0.3) is 0 Å². The third-order valence-electron chi connectivity index (χ3n) is 2.66. The lowest BCUT2D eigenvalue weighted by atomic mass is 10.1. The minimum Gasteiger partial charge on any atom is -0.416 e. The summed E-state index contributed by atoms with van der Waals surface area (Å²) in [4.78, 5) is 0.789. The molecule has 0 spiro atoms. The van der Waals surface area contributed by atoms with Crippen molar-refractivity contribution in [3.63, 3.8) is 0 Å². The lowest BCUT2D eigenvalue weighted by molar-refractivity contribution is 0.429. The van der Waals surface area contributed by atoms with E-state index >= 15 is 0 Å². The van der Waals surface area contributed by atoms with E-state index < -0.39 is 0 Å². The topological polar surface area (TPSA) is 51.0 Å². The van der Waals surface area contributed by atoms with Crippen molar-refractivity contribution >= 4 is 11.8 Å². The summed E-state index contributed by atoms with van der Waals surface area (Å²) in [6.07, 6.45) is 0. The van der Waals surface area contributed by atoms with Crippen LogP contribution in [0.4, 0.5) is 4.39 Å². The van der Waals surface area contributed by atoms with Crippen LogP contribution >= 0.6 is 11.8 Å². The normalized spacial score (nSPS) is 12.6. The van der Waals surface area contributed by atoms with Crippen LogP contribution in [0.15, 0.2) is 32.7 Å². The van der Waals surface area contributed by atoms with Gasteiger partial charge in [-0.25, -0.2) is 4.39 Å². The van der Waals surface area contributed by atoms with Crippen LogP contribution in [-0.2, 0) is 0 Å². The minimum absolute atomic E-state index is 0.0716. The maximum atomic E-state index is 14.0. The third kappa shape index (κ3) is 3.33. The van der Waals surface area contributed by atoms with Gasteiger partial charge in [0.05, 0.1) is 0 Å². The van der Waals surface area contributed by atoms with Gasteiger partial charge in [0, 0.05) is 23.4 Å². The lowest BCUT2D eigenvalue weighted by Crippen LogP contribution is -2.19. The Morgan fingerprint density at radius 2 is 2.21 bits per heavy atom. The maximum absolute atomic E-state index is 14.0. The Morgan fingerprint density at radius 1 is 1.42 bits per heavy atom. The second-order valence-corrected chi connectivity index (χ2v) is 5.11. The molecule has 1 aromatic carbocycles. The van der Waals surface area contributed by atoms with E-state index in [1.807, 2.05) is 19.9 Å². The second kappa shape index (κ2) is 6.16. The lowest BCUT2D eigenvalue weighted by Gasteiger charge is -2.16. The molecule has 0 aliphatic rings. The number of nitrogens with zero attached hydrogens (tertiary/aromatic N) is 2. The van der Waals surface area contributed by atoms with Crippen molar-refractivity contribution in [1.29, 1.82) is 0 Å². The van der Waals surface area contributed by atoms with Crippen molar-refractivity contribution in [1.82, 2.24) is 15.5 Å². The summed E-state index contributed by atoms with van der Waals surface area (Å²) in [6, 6.07) is 4.93. The average molecular weight is 281 g/mol. The molecule has 0 saturated heterocycles. The summed E-state index contributed by atoms with van der Waals surface area (Å²) in [5.41, 5.74) is 0.630. The van der Waals surface area contributed by atoms with Crippen LogP contribution in [-0.4, -0.2) is 16.7 Å². The molecular formula is C13H16FN3OS. The van der Waals surface area contributed by atoms with Crippen LogP contribution in [0, 0.1) is 12.7 Å². The summed E-state index contributed by atoms with van der Waals surface area (Å²) < 4.78 is 19.3. The first kappa shape index (κ1) is 14.0. The van der Waals surface area contributed by atoms with Crippen molar-refractivity contribution in [2.24, 2.45) is 0 Å². The number of halogens is 1. The van der Waals surface area contributed by atoms with Gasteiger partial charge < -0.3 is 9.73 Å². The predicted molar refractivity (Wildman–Crippen MR) is 71.6 cm³/mol. The van der Waals surface area contributed by atoms with Gasteiger partial charge in [0.2, 0.25) is 5.89 Å². The summed E-state index contributed by atoms with van der Waals surface area (Å²) in [5.74, 6) is 0.273. The van der Waals surface area contributed by atoms with Crippen molar-refractivity contribution < 1.29 is 8.81 Å². The largest absolute Gasteiger partial charge is 0.416 e. The van der Waals surface area contributed by atoms with E-state index in [1.54, 1.807) is 13.0 Å². The van der Waals surface area contributed by atoms with E-state index in [0.717, 1.165) is 11.4 Å². The third-order valence-corrected chi connectivity index (χ3v) is 3.58. The van der Waals surface area contributed by atoms with Crippen molar-refractivity contribution in [3.8, 4) is 0 Å². The highest BCUT2D eigenvalue weighted by molar-refractivity contribution is 7.99. The number of hydrogen-bond donors (Lipinski definition) is 1. The van der Waals surface area contributed by atoms with Gasteiger partial charge in [-0.15, -0.1) is 10.2 Å². The zero-order chi connectivity index (χ0) is 13.8. The molecule has 1 unspecified atom stereocenters. The Bertz CT molecular complexity index is 559. The van der Waals surface area contributed by atoms with Crippen molar-refractivity contribution in [2.75, 3.05) is 6.54 Å². The molecule has 1 N–H and O–H groups in total. The summed E-state index contributed by atoms with van der Waals surface area (Å²) in [7, 11) is 0. The van der Waals surface area contributed by atoms with Crippen LogP contribution in [0.5, 0.6) is 0 Å². The zero-order valence-corrected chi connectivity index (χ0v) is 11.9. The number of rotatable bonds is 5. The molecule has 0 aliphatic carbocycles. The highest BCUT2D eigenvalue weighted by Gasteiger charge is 2.17. The number of benzene rings is 1. The van der Waals surface area contributed by atoms with Gasteiger partial charge in [-0.2, -0.15) is 0 Å². The van der Waals surface area contributed by atoms with Crippen molar-refractivity contribution in [2.45, 2.75) is 36.9 Å². The minimum atomic E-state index is -0.227. The zero-order valence-electron chi connectivity index (χ0n) is 11.1. The maximum Gasteiger partial charge on any atom is 0.281 e. The molecule has 0 saturated carbocycles. The Balaban J connectivity index is 2.31. The Hall–Kier alpha value is -1.40. The fourth-order valence-corrected chi connectivity index (χ4v) is 2.81. The number of nitrogens with one attached hydrogen (secondary N) is 1. The predicted octanol–water partition coefficient (Wildman–Crippen LogP) is 3.34. The van der Waals surface area contributed by atoms with Gasteiger partial charge in [0.15, 0.2) is 0 Å². The number of aromatic nitrogens is 2. The molecule has 2 aromatic rings. The number of aryl methyl sites for hydroxylation is 1. The van der Waals surface area contributed by atoms with Gasteiger partial charge in [-0.1, -0.05) is 13.0 Å². The molecule has 6 heteroatoms. The van der Waals surface area contributed by atoms with Crippen LogP contribution < -0.4 is 5.32 Å². The highest BCUT2D eigenvalue weighted by Crippen LogP contribution is 2.33. The first-order valence-electron chi connectivity index (χ1n) is 6.11. The molecule has 0 aliphatic heterocycles. The molecule has 0 amide bonds. The Labute approximate surface area is 115 Å². The Morgan fingerprint density at radius 3 is 2.84 bits per heavy atom. The summed E-state index contributed by atoms with van der Waals surface area (Å²) in [6.45, 7) is 6.43. The smallest absolute Gasteiger partial charge is 0.281 e. The van der Waals surface area contributed by atoms with E-state index in [9.17, 15) is 4.39 Å². The van der Waals surface area contributed by atoms with E-state index in [2.05, 4.69) is 15.5 Å². The van der Waals surface area contributed by atoms with Gasteiger partial charge >= 0.3 is 0 Å². The van der Waals surface area contributed by atoms with E-state index in [0.29, 0.717) is 16.7 Å². The quantitative estimate of drug-likeness (QED) is 0.911. The molecule has 0 fully saturated rings. The standard InChI is InChI=1S/C13H16FN3OS/c1-4-15-8(2)12-10(14)6-5-7-11(12)19-13-17-16-9(3)18-13/h5-8,15H,4H2,1-3H3. The molecule has 4 nitrogen and oxygen atoms in total. The highest BCUT2D eigenvalue weighted by atomic mass is 32.2. The van der Waals surface area contributed by atoms with E-state index in [4.69, 9.17) is 4.42 Å². The molecule has 0 bridgehead atoms. The van der Waals surface area contributed by atoms with E-state index in [-0.39, 0.29) is 11.9 Å². The fraction of sp³-hybridized carbons (Fsp3) is 0.385. The summed E-state index contributed by atoms with van der Waals surface area (Å²) >= 11 is 1.28. The molecule has 0 radical (unpaired) electrons. The van der Waals surface area contributed by atoms with Gasteiger partial charge in [0.25, 0.3) is 5.22 Å². The molecule has 102 valence electrons. The molecule has 1 aromatic heterocycles. The van der Waals surface area contributed by atoms with E-state index in [1.165, 1.54) is 17.8 Å². The molecule has 1 heterocycles. The fourth-order valence-electron chi connectivity index (χ4n) is 1.85. The molecule has 2 rings (SSSR count). The average Bonchev–Trinajstić information content (AvgIpc) is 2.75. The summed E-state index contributed by atoms with van der Waals surface area (Å²) in [5, 5.41) is 11.3. The molecule has 1 atom stereocenters. The van der Waals surface area contributed by atoms with Crippen LogP contribution in [0.3, 0.4) is 0 Å². The first-order chi connectivity index (χ1) is 9.11. The monoisotopic (exact) mass is 281 g/mol. The molecule has 19 heavy (non-hydrogen) atoms. The van der Waals surface area contributed by atoms with Gasteiger partial charge in [-0.3, -0.25) is 0 Å². The van der Waals surface area contributed by atoms with Crippen molar-refractivity contribution in [3.05, 3.63) is 35.5 Å². The van der Waals surface area contributed by atoms with Crippen LogP contribution in [0.2, 0.25) is 0 Å². The SMILES string of the molecule is CCNC(C)c1c(F)cccc1Sc1nnc(C)o1. The van der Waals surface area contributed by atoms with Gasteiger partial charge in [-0.05, 0) is 37.4 Å². The van der Waals surface area contributed by atoms with Gasteiger partial charge in [0.1, 0.15) is 5.82 Å². The second-order valence-electron chi connectivity index (χ2n) is 4.12. The van der Waals surface area contributed by atoms with Crippen LogP contribution in [0.1, 0.15) is 31.3 Å². The first-order valence-corrected chi connectivity index (χ1v) is 6.93. The molecular weight excluding hydrogens is 265 g/mol. The number of hydrogen-bond acceptors (Lipinski definition) is 5. The Kier molecular flexibility index (Phi) is 4.55.